The number of hydrogen-bond acceptors (Lipinski definition) is 0. The minimum Gasteiger partial charge on any atom is -0.0691 e. The van der Waals surface area contributed by atoms with Crippen molar-refractivity contribution in [3.8, 4) is 0 Å². The van der Waals surface area contributed by atoms with Gasteiger partial charge in [-0.25, -0.2) is 0 Å². The van der Waals surface area contributed by atoms with Gasteiger partial charge in [-0.1, -0.05) is 38.9 Å². The summed E-state index contributed by atoms with van der Waals surface area (Å²) in [5, 5.41) is 0.863. The molecule has 0 aromatic carbocycles. The first-order valence-electron chi connectivity index (χ1n) is 5.54. The highest BCUT2D eigenvalue weighted by Crippen LogP contribution is 2.60. The molecule has 0 aromatic heterocycles. The van der Waals surface area contributed by atoms with Crippen molar-refractivity contribution < 1.29 is 0 Å². The first kappa shape index (κ1) is 8.80. The standard InChI is InChI=1S/C11H22Si/c1-12(2,3)11-7-4-10(5-8-11)6-9-11/h10H,4-9H2,1-3H3. The molecule has 1 heteroatoms. The zero-order valence-corrected chi connectivity index (χ0v) is 9.82. The largest absolute Gasteiger partial charge is 0.0691 e. The summed E-state index contributed by atoms with van der Waals surface area (Å²) in [7, 11) is -0.869. The Balaban J connectivity index is 2.19. The second-order valence-corrected chi connectivity index (χ2v) is 11.6. The van der Waals surface area contributed by atoms with Crippen molar-refractivity contribution in [3.63, 3.8) is 0 Å². The Hall–Kier alpha value is 0.217. The molecule has 0 radical (unpaired) electrons. The quantitative estimate of drug-likeness (QED) is 0.537. The minimum absolute atomic E-state index is 0.863. The fourth-order valence-electron chi connectivity index (χ4n) is 3.37. The van der Waals surface area contributed by atoms with Crippen LogP contribution in [0.25, 0.3) is 0 Å². The van der Waals surface area contributed by atoms with E-state index in [0.717, 1.165) is 11.0 Å². The van der Waals surface area contributed by atoms with Crippen LogP contribution in [-0.2, 0) is 0 Å². The molecule has 0 amide bonds. The van der Waals surface area contributed by atoms with E-state index in [2.05, 4.69) is 19.6 Å². The number of fused-ring (bicyclic) bond motifs is 3. The van der Waals surface area contributed by atoms with Crippen LogP contribution in [0.3, 0.4) is 0 Å². The smallest absolute Gasteiger partial charge is 0.0505 e. The Kier molecular flexibility index (Phi) is 1.91. The molecular formula is C11H22Si. The van der Waals surface area contributed by atoms with Gasteiger partial charge in [-0.2, -0.15) is 0 Å². The predicted octanol–water partition coefficient (Wildman–Crippen LogP) is 4.05. The lowest BCUT2D eigenvalue weighted by atomic mass is 9.70. The third-order valence-corrected chi connectivity index (χ3v) is 8.62. The van der Waals surface area contributed by atoms with Crippen molar-refractivity contribution >= 4 is 8.07 Å². The zero-order chi connectivity index (χ0) is 8.82. The average Bonchev–Trinajstić information content (AvgIpc) is 2.06. The van der Waals surface area contributed by atoms with Crippen LogP contribution in [0.4, 0.5) is 0 Å². The summed E-state index contributed by atoms with van der Waals surface area (Å²) in [5.41, 5.74) is 0. The maximum Gasteiger partial charge on any atom is 0.0505 e. The van der Waals surface area contributed by atoms with Gasteiger partial charge in [0.2, 0.25) is 0 Å². The number of rotatable bonds is 1. The lowest BCUT2D eigenvalue weighted by Gasteiger charge is -2.53. The van der Waals surface area contributed by atoms with Crippen LogP contribution in [0.5, 0.6) is 0 Å². The molecule has 3 aliphatic rings. The Morgan fingerprint density at radius 1 is 0.917 bits per heavy atom. The molecule has 0 aromatic rings. The Morgan fingerprint density at radius 3 is 1.58 bits per heavy atom. The fourth-order valence-corrected chi connectivity index (χ4v) is 6.06. The summed E-state index contributed by atoms with van der Waals surface area (Å²) >= 11 is 0. The third-order valence-electron chi connectivity index (χ3n) is 4.68. The third kappa shape index (κ3) is 1.17. The predicted molar refractivity (Wildman–Crippen MR) is 57.2 cm³/mol. The molecule has 0 spiro atoms. The molecule has 3 saturated carbocycles. The van der Waals surface area contributed by atoms with E-state index in [9.17, 15) is 0 Å². The van der Waals surface area contributed by atoms with E-state index in [1.807, 2.05) is 0 Å². The lowest BCUT2D eigenvalue weighted by Crippen LogP contribution is -2.45. The normalized spacial score (nSPS) is 41.8. The highest BCUT2D eigenvalue weighted by molar-refractivity contribution is 6.79. The van der Waals surface area contributed by atoms with Crippen molar-refractivity contribution in [2.45, 2.75) is 63.2 Å². The molecule has 3 rings (SSSR count). The molecule has 0 atom stereocenters. The SMILES string of the molecule is C[Si](C)(C)C12CCC(CC1)CC2. The van der Waals surface area contributed by atoms with Gasteiger partial charge in [-0.15, -0.1) is 0 Å². The van der Waals surface area contributed by atoms with Crippen LogP contribution >= 0.6 is 0 Å². The molecule has 0 N–H and O–H groups in total. The summed E-state index contributed by atoms with van der Waals surface area (Å²) in [6, 6.07) is 0. The van der Waals surface area contributed by atoms with E-state index < -0.39 is 8.07 Å². The topological polar surface area (TPSA) is 0 Å². The molecular weight excluding hydrogens is 160 g/mol. The Morgan fingerprint density at radius 2 is 1.33 bits per heavy atom. The minimum atomic E-state index is -0.869. The fraction of sp³-hybridized carbons (Fsp3) is 1.00. The average molecular weight is 182 g/mol. The van der Waals surface area contributed by atoms with Crippen LogP contribution in [0.2, 0.25) is 24.7 Å². The van der Waals surface area contributed by atoms with Crippen molar-refractivity contribution in [3.05, 3.63) is 0 Å². The zero-order valence-electron chi connectivity index (χ0n) is 8.82. The first-order valence-corrected chi connectivity index (χ1v) is 9.04. The molecule has 3 aliphatic carbocycles. The van der Waals surface area contributed by atoms with Gasteiger partial charge in [0.25, 0.3) is 0 Å². The molecule has 3 fully saturated rings. The lowest BCUT2D eigenvalue weighted by molar-refractivity contribution is 0.182. The van der Waals surface area contributed by atoms with Gasteiger partial charge in [-0.05, 0) is 30.2 Å². The van der Waals surface area contributed by atoms with E-state index in [1.165, 1.54) is 0 Å². The first-order chi connectivity index (χ1) is 5.54. The molecule has 0 nitrogen and oxygen atoms in total. The molecule has 12 heavy (non-hydrogen) atoms. The Bertz CT molecular complexity index is 156. The van der Waals surface area contributed by atoms with Crippen molar-refractivity contribution in [1.29, 1.82) is 0 Å². The van der Waals surface area contributed by atoms with Crippen LogP contribution in [0.15, 0.2) is 0 Å². The number of hydrogen-bond donors (Lipinski definition) is 0. The maximum absolute atomic E-state index is 2.58. The monoisotopic (exact) mass is 182 g/mol. The van der Waals surface area contributed by atoms with Gasteiger partial charge in [0.05, 0.1) is 8.07 Å². The highest BCUT2D eigenvalue weighted by atomic mass is 28.3. The molecule has 0 aliphatic heterocycles. The van der Waals surface area contributed by atoms with Crippen molar-refractivity contribution in [1.82, 2.24) is 0 Å². The maximum atomic E-state index is 2.58. The van der Waals surface area contributed by atoms with Gasteiger partial charge >= 0.3 is 0 Å². The summed E-state index contributed by atoms with van der Waals surface area (Å²) < 4.78 is 0. The summed E-state index contributed by atoms with van der Waals surface area (Å²) in [4.78, 5) is 0. The molecule has 0 heterocycles. The van der Waals surface area contributed by atoms with Gasteiger partial charge in [0.15, 0.2) is 0 Å². The summed E-state index contributed by atoms with van der Waals surface area (Å²) in [5.74, 6) is 1.13. The Labute approximate surface area is 77.8 Å². The van der Waals surface area contributed by atoms with Crippen LogP contribution in [-0.4, -0.2) is 8.07 Å². The van der Waals surface area contributed by atoms with Gasteiger partial charge in [0.1, 0.15) is 0 Å². The summed E-state index contributed by atoms with van der Waals surface area (Å²) in [6.45, 7) is 7.75. The van der Waals surface area contributed by atoms with Crippen molar-refractivity contribution in [2.75, 3.05) is 0 Å². The van der Waals surface area contributed by atoms with Crippen molar-refractivity contribution in [2.24, 2.45) is 5.92 Å². The second kappa shape index (κ2) is 2.60. The molecule has 70 valence electrons. The molecule has 2 bridgehead atoms. The van der Waals surface area contributed by atoms with Crippen LogP contribution in [0.1, 0.15) is 38.5 Å². The van der Waals surface area contributed by atoms with E-state index in [4.69, 9.17) is 0 Å². The summed E-state index contributed by atoms with van der Waals surface area (Å²) in [6.07, 6.45) is 9.41. The van der Waals surface area contributed by atoms with Gasteiger partial charge in [0, 0.05) is 0 Å². The van der Waals surface area contributed by atoms with E-state index in [-0.39, 0.29) is 0 Å². The van der Waals surface area contributed by atoms with Crippen LogP contribution < -0.4 is 0 Å². The molecule has 0 saturated heterocycles. The van der Waals surface area contributed by atoms with E-state index in [1.54, 1.807) is 38.5 Å². The second-order valence-electron chi connectivity index (χ2n) is 6.01. The highest BCUT2D eigenvalue weighted by Gasteiger charge is 2.48. The van der Waals surface area contributed by atoms with E-state index in [0.29, 0.717) is 0 Å². The van der Waals surface area contributed by atoms with Gasteiger partial charge < -0.3 is 0 Å². The van der Waals surface area contributed by atoms with E-state index >= 15 is 0 Å². The van der Waals surface area contributed by atoms with Crippen LogP contribution in [0, 0.1) is 5.92 Å². The molecule has 0 unspecified atom stereocenters. The van der Waals surface area contributed by atoms with Gasteiger partial charge in [-0.3, -0.25) is 0 Å².